The van der Waals surface area contributed by atoms with E-state index in [9.17, 15) is 0 Å². The molecule has 3 aliphatic heterocycles. The molecule has 0 saturated carbocycles. The van der Waals surface area contributed by atoms with Crippen molar-refractivity contribution in [2.75, 3.05) is 26.2 Å². The highest BCUT2D eigenvalue weighted by molar-refractivity contribution is 5.18. The number of hydrogen-bond acceptors (Lipinski definition) is 2. The van der Waals surface area contributed by atoms with E-state index in [4.69, 9.17) is 0 Å². The van der Waals surface area contributed by atoms with Crippen LogP contribution >= 0.6 is 0 Å². The summed E-state index contributed by atoms with van der Waals surface area (Å²) in [5.41, 5.74) is 1.72. The fourth-order valence-corrected chi connectivity index (χ4v) is 3.86. The third-order valence-corrected chi connectivity index (χ3v) is 4.63. The first-order valence-corrected chi connectivity index (χ1v) is 7.00. The van der Waals surface area contributed by atoms with Gasteiger partial charge in [-0.15, -0.1) is 0 Å². The van der Waals surface area contributed by atoms with E-state index in [-0.39, 0.29) is 0 Å². The number of fused-ring (bicyclic) bond motifs is 1. The van der Waals surface area contributed by atoms with Gasteiger partial charge in [-0.05, 0) is 44.2 Å². The summed E-state index contributed by atoms with van der Waals surface area (Å²) in [7, 11) is 0. The van der Waals surface area contributed by atoms with E-state index in [1.165, 1.54) is 45.3 Å². The molecule has 0 aromatic rings. The van der Waals surface area contributed by atoms with Crippen molar-refractivity contribution in [2.45, 2.75) is 38.6 Å². The van der Waals surface area contributed by atoms with Crippen molar-refractivity contribution in [2.24, 2.45) is 11.8 Å². The average Bonchev–Trinajstić information content (AvgIpc) is 2.72. The van der Waals surface area contributed by atoms with E-state index < -0.39 is 0 Å². The van der Waals surface area contributed by atoms with Gasteiger partial charge in [0.1, 0.15) is 0 Å². The maximum Gasteiger partial charge on any atom is 0.0168 e. The Morgan fingerprint density at radius 2 is 2.19 bits per heavy atom. The van der Waals surface area contributed by atoms with Crippen molar-refractivity contribution in [1.29, 1.82) is 0 Å². The van der Waals surface area contributed by atoms with Crippen molar-refractivity contribution in [1.82, 2.24) is 10.2 Å². The van der Waals surface area contributed by atoms with E-state index in [1.807, 2.05) is 0 Å². The molecule has 2 unspecified atom stereocenters. The van der Waals surface area contributed by atoms with Crippen LogP contribution in [0.5, 0.6) is 0 Å². The van der Waals surface area contributed by atoms with Gasteiger partial charge in [0.15, 0.2) is 0 Å². The Kier molecular flexibility index (Phi) is 3.03. The zero-order valence-corrected chi connectivity index (χ0v) is 10.4. The van der Waals surface area contributed by atoms with Crippen molar-refractivity contribution in [3.8, 4) is 0 Å². The number of nitrogens with one attached hydrogen (secondary N) is 1. The van der Waals surface area contributed by atoms with E-state index in [2.05, 4.69) is 23.2 Å². The Hall–Kier alpha value is -0.340. The van der Waals surface area contributed by atoms with Crippen molar-refractivity contribution >= 4 is 0 Å². The molecule has 90 valence electrons. The highest BCUT2D eigenvalue weighted by atomic mass is 15.2. The van der Waals surface area contributed by atoms with Crippen molar-refractivity contribution in [3.05, 3.63) is 11.6 Å². The van der Waals surface area contributed by atoms with E-state index in [0.29, 0.717) is 0 Å². The summed E-state index contributed by atoms with van der Waals surface area (Å²) >= 11 is 0. The quantitative estimate of drug-likeness (QED) is 0.680. The van der Waals surface area contributed by atoms with Crippen LogP contribution in [-0.2, 0) is 0 Å². The normalized spacial score (nSPS) is 40.6. The molecule has 2 fully saturated rings. The van der Waals surface area contributed by atoms with Gasteiger partial charge in [-0.1, -0.05) is 25.0 Å². The molecule has 1 N–H and O–H groups in total. The lowest BCUT2D eigenvalue weighted by molar-refractivity contribution is 0.179. The van der Waals surface area contributed by atoms with Crippen LogP contribution in [0.15, 0.2) is 11.6 Å². The Bertz CT molecular complexity index is 284. The molecular weight excluding hydrogens is 196 g/mol. The second-order valence-electron chi connectivity index (χ2n) is 5.84. The van der Waals surface area contributed by atoms with Crippen molar-refractivity contribution in [3.63, 3.8) is 0 Å². The van der Waals surface area contributed by atoms with Crippen LogP contribution in [0.25, 0.3) is 0 Å². The highest BCUT2D eigenvalue weighted by Gasteiger charge is 2.37. The summed E-state index contributed by atoms with van der Waals surface area (Å²) in [6, 6.07) is 0.882. The minimum atomic E-state index is 0.737. The molecule has 0 spiro atoms. The number of nitrogens with zero attached hydrogens (tertiary/aromatic N) is 1. The van der Waals surface area contributed by atoms with E-state index in [0.717, 1.165) is 24.4 Å². The molecule has 2 saturated heterocycles. The molecule has 0 amide bonds. The molecule has 0 aliphatic carbocycles. The number of piperidine rings is 1. The van der Waals surface area contributed by atoms with Gasteiger partial charge in [-0.3, -0.25) is 4.90 Å². The molecule has 3 atom stereocenters. The zero-order chi connectivity index (χ0) is 11.0. The van der Waals surface area contributed by atoms with Crippen molar-refractivity contribution < 1.29 is 0 Å². The highest BCUT2D eigenvalue weighted by Crippen LogP contribution is 2.36. The van der Waals surface area contributed by atoms with Gasteiger partial charge in [0.25, 0.3) is 0 Å². The van der Waals surface area contributed by atoms with Crippen LogP contribution in [0, 0.1) is 11.8 Å². The maximum absolute atomic E-state index is 3.57. The van der Waals surface area contributed by atoms with Gasteiger partial charge in [-0.25, -0.2) is 0 Å². The molecule has 0 aromatic heterocycles. The molecule has 3 rings (SSSR count). The number of hydrogen-bond donors (Lipinski definition) is 1. The van der Waals surface area contributed by atoms with Gasteiger partial charge in [-0.2, -0.15) is 0 Å². The van der Waals surface area contributed by atoms with Crippen LogP contribution in [-0.4, -0.2) is 37.1 Å². The maximum atomic E-state index is 3.57. The molecule has 3 aliphatic rings. The summed E-state index contributed by atoms with van der Waals surface area (Å²) < 4.78 is 0. The third-order valence-electron chi connectivity index (χ3n) is 4.63. The first kappa shape index (κ1) is 10.8. The minimum absolute atomic E-state index is 0.737. The van der Waals surface area contributed by atoms with Crippen LogP contribution in [0.1, 0.15) is 32.6 Å². The lowest BCUT2D eigenvalue weighted by Gasteiger charge is -2.34. The Morgan fingerprint density at radius 1 is 1.25 bits per heavy atom. The smallest absolute Gasteiger partial charge is 0.0168 e. The fourth-order valence-electron chi connectivity index (χ4n) is 3.86. The average molecular weight is 220 g/mol. The van der Waals surface area contributed by atoms with Gasteiger partial charge in [0.05, 0.1) is 0 Å². The molecule has 2 nitrogen and oxygen atoms in total. The molecule has 3 heterocycles. The topological polar surface area (TPSA) is 15.3 Å². The molecule has 16 heavy (non-hydrogen) atoms. The van der Waals surface area contributed by atoms with Crippen LogP contribution in [0.2, 0.25) is 0 Å². The SMILES string of the molecule is C[C@@H]1C=C(C2CCN3CCCCC23)CNC1. The predicted molar refractivity (Wildman–Crippen MR) is 67.4 cm³/mol. The molecule has 0 aromatic carbocycles. The summed E-state index contributed by atoms with van der Waals surface area (Å²) in [5, 5.41) is 3.57. The van der Waals surface area contributed by atoms with Gasteiger partial charge in [0, 0.05) is 19.1 Å². The monoisotopic (exact) mass is 220 g/mol. The second kappa shape index (κ2) is 4.50. The van der Waals surface area contributed by atoms with Crippen LogP contribution in [0.3, 0.4) is 0 Å². The molecule has 0 radical (unpaired) electrons. The van der Waals surface area contributed by atoms with Gasteiger partial charge in [0.2, 0.25) is 0 Å². The third kappa shape index (κ3) is 1.93. The van der Waals surface area contributed by atoms with Gasteiger partial charge < -0.3 is 5.32 Å². The minimum Gasteiger partial charge on any atom is -0.312 e. The molecular formula is C14H24N2. The van der Waals surface area contributed by atoms with Crippen LogP contribution in [0.4, 0.5) is 0 Å². The zero-order valence-electron chi connectivity index (χ0n) is 10.4. The molecule has 0 bridgehead atoms. The summed E-state index contributed by atoms with van der Waals surface area (Å²) in [5.74, 6) is 1.61. The fraction of sp³-hybridized carbons (Fsp3) is 0.857. The summed E-state index contributed by atoms with van der Waals surface area (Å²) in [6.45, 7) is 7.36. The first-order chi connectivity index (χ1) is 7.84. The Labute approximate surface area is 99.1 Å². The largest absolute Gasteiger partial charge is 0.312 e. The van der Waals surface area contributed by atoms with E-state index in [1.54, 1.807) is 5.57 Å². The van der Waals surface area contributed by atoms with Crippen LogP contribution < -0.4 is 5.32 Å². The number of rotatable bonds is 1. The lowest BCUT2D eigenvalue weighted by atomic mass is 9.84. The Morgan fingerprint density at radius 3 is 3.06 bits per heavy atom. The summed E-state index contributed by atoms with van der Waals surface area (Å²) in [6.07, 6.45) is 8.28. The Balaban J connectivity index is 1.74. The summed E-state index contributed by atoms with van der Waals surface area (Å²) in [4.78, 5) is 2.74. The lowest BCUT2D eigenvalue weighted by Crippen LogP contribution is -2.39. The predicted octanol–water partition coefficient (Wildman–Crippen LogP) is 2.03. The first-order valence-electron chi connectivity index (χ1n) is 7.00. The molecule has 2 heteroatoms. The standard InChI is InChI=1S/C14H24N2/c1-11-8-12(10-15-9-11)13-5-7-16-6-3-2-4-14(13)16/h8,11,13-15H,2-7,9-10H2,1H3/t11-,13?,14?/m1/s1. The van der Waals surface area contributed by atoms with E-state index >= 15 is 0 Å². The second-order valence-corrected chi connectivity index (χ2v) is 5.84. The van der Waals surface area contributed by atoms with Gasteiger partial charge >= 0.3 is 0 Å².